The molecule has 4 heteroatoms. The van der Waals surface area contributed by atoms with Gasteiger partial charge >= 0.3 is 0 Å². The fourth-order valence-corrected chi connectivity index (χ4v) is 1.72. The molecule has 2 nitrogen and oxygen atoms in total. The van der Waals surface area contributed by atoms with Crippen LogP contribution in [0.15, 0.2) is 36.5 Å². The van der Waals surface area contributed by atoms with Gasteiger partial charge in [0.15, 0.2) is 0 Å². The number of hydrogen-bond donors (Lipinski definition) is 1. The normalized spacial score (nSPS) is 12.5. The van der Waals surface area contributed by atoms with Crippen molar-refractivity contribution in [3.8, 4) is 0 Å². The Kier molecular flexibility index (Phi) is 3.41. The van der Waals surface area contributed by atoms with E-state index in [1.807, 2.05) is 0 Å². The molecule has 0 aliphatic carbocycles. The van der Waals surface area contributed by atoms with Crippen LogP contribution in [-0.2, 0) is 0 Å². The molecule has 2 N–H and O–H groups in total. The van der Waals surface area contributed by atoms with Crippen LogP contribution in [0.2, 0.25) is 5.02 Å². The van der Waals surface area contributed by atoms with Crippen molar-refractivity contribution in [3.63, 3.8) is 0 Å². The molecule has 0 fully saturated rings. The largest absolute Gasteiger partial charge is 0.319 e. The summed E-state index contributed by atoms with van der Waals surface area (Å²) in [6.45, 7) is 1.71. The van der Waals surface area contributed by atoms with E-state index in [2.05, 4.69) is 4.98 Å². The van der Waals surface area contributed by atoms with Gasteiger partial charge in [0, 0.05) is 6.20 Å². The first kappa shape index (κ1) is 12.0. The van der Waals surface area contributed by atoms with Gasteiger partial charge in [-0.25, -0.2) is 4.39 Å². The third kappa shape index (κ3) is 2.62. The number of hydrogen-bond acceptors (Lipinski definition) is 2. The van der Waals surface area contributed by atoms with E-state index in [0.717, 1.165) is 5.56 Å². The van der Waals surface area contributed by atoms with E-state index in [1.165, 1.54) is 6.07 Å². The Labute approximate surface area is 104 Å². The van der Waals surface area contributed by atoms with Gasteiger partial charge in [-0.1, -0.05) is 23.7 Å². The van der Waals surface area contributed by atoms with Crippen LogP contribution < -0.4 is 5.73 Å². The van der Waals surface area contributed by atoms with E-state index in [1.54, 1.807) is 37.4 Å². The van der Waals surface area contributed by atoms with Crippen LogP contribution in [0.25, 0.3) is 0 Å². The van der Waals surface area contributed by atoms with Gasteiger partial charge in [-0.3, -0.25) is 4.98 Å². The Morgan fingerprint density at radius 3 is 2.65 bits per heavy atom. The highest BCUT2D eigenvalue weighted by Crippen LogP contribution is 2.21. The second-order valence-electron chi connectivity index (χ2n) is 3.89. The lowest BCUT2D eigenvalue weighted by atomic mass is 10.0. The summed E-state index contributed by atoms with van der Waals surface area (Å²) >= 11 is 5.76. The lowest BCUT2D eigenvalue weighted by Gasteiger charge is -2.12. The molecule has 0 saturated carbocycles. The van der Waals surface area contributed by atoms with E-state index in [4.69, 9.17) is 17.3 Å². The molecule has 1 aromatic heterocycles. The molecular weight excluding hydrogens is 239 g/mol. The molecule has 0 aliphatic heterocycles. The van der Waals surface area contributed by atoms with Crippen molar-refractivity contribution in [2.24, 2.45) is 5.73 Å². The number of aromatic nitrogens is 1. The number of nitrogens with zero attached hydrogens (tertiary/aromatic N) is 1. The fraction of sp³-hybridized carbons (Fsp3) is 0.154. The van der Waals surface area contributed by atoms with E-state index < -0.39 is 0 Å². The van der Waals surface area contributed by atoms with Crippen LogP contribution in [0.3, 0.4) is 0 Å². The molecule has 1 aromatic carbocycles. The molecule has 0 spiro atoms. The third-order valence-electron chi connectivity index (χ3n) is 2.61. The molecule has 0 aliphatic rings. The molecule has 0 amide bonds. The molecule has 88 valence electrons. The topological polar surface area (TPSA) is 38.9 Å². The number of nitrogens with two attached hydrogens (primary N) is 1. The summed E-state index contributed by atoms with van der Waals surface area (Å²) in [7, 11) is 0. The highest BCUT2D eigenvalue weighted by molar-refractivity contribution is 6.30. The quantitative estimate of drug-likeness (QED) is 0.889. The average molecular weight is 251 g/mol. The third-order valence-corrected chi connectivity index (χ3v) is 2.83. The van der Waals surface area contributed by atoms with Gasteiger partial charge < -0.3 is 5.73 Å². The van der Waals surface area contributed by atoms with Crippen LogP contribution in [0, 0.1) is 12.7 Å². The average Bonchev–Trinajstić information content (AvgIpc) is 2.33. The summed E-state index contributed by atoms with van der Waals surface area (Å²) in [5, 5.41) is 0.566. The van der Waals surface area contributed by atoms with Gasteiger partial charge in [-0.05, 0) is 36.2 Å². The Balaban J connectivity index is 2.33. The van der Waals surface area contributed by atoms with E-state index in [0.29, 0.717) is 16.3 Å². The molecule has 0 bridgehead atoms. The maximum Gasteiger partial charge on any atom is 0.126 e. The van der Waals surface area contributed by atoms with E-state index in [-0.39, 0.29) is 11.9 Å². The second kappa shape index (κ2) is 4.82. The van der Waals surface area contributed by atoms with Gasteiger partial charge in [0.05, 0.1) is 16.8 Å². The van der Waals surface area contributed by atoms with Crippen molar-refractivity contribution < 1.29 is 4.39 Å². The Hall–Kier alpha value is -1.45. The summed E-state index contributed by atoms with van der Waals surface area (Å²) in [4.78, 5) is 4.16. The van der Waals surface area contributed by atoms with Crippen LogP contribution >= 0.6 is 11.6 Å². The zero-order chi connectivity index (χ0) is 12.4. The number of pyridine rings is 1. The SMILES string of the molecule is Cc1cc(C(N)c2ccc(Cl)cn2)ccc1F. The minimum atomic E-state index is -0.369. The zero-order valence-electron chi connectivity index (χ0n) is 9.32. The van der Waals surface area contributed by atoms with Crippen molar-refractivity contribution in [1.29, 1.82) is 0 Å². The van der Waals surface area contributed by atoms with Crippen molar-refractivity contribution >= 4 is 11.6 Å². The second-order valence-corrected chi connectivity index (χ2v) is 4.32. The lowest BCUT2D eigenvalue weighted by Crippen LogP contribution is -2.13. The minimum Gasteiger partial charge on any atom is -0.319 e. The molecule has 0 saturated heterocycles. The van der Waals surface area contributed by atoms with Gasteiger partial charge in [0.25, 0.3) is 0 Å². The monoisotopic (exact) mass is 250 g/mol. The van der Waals surface area contributed by atoms with Crippen molar-refractivity contribution in [3.05, 3.63) is 64.2 Å². The van der Waals surface area contributed by atoms with E-state index >= 15 is 0 Å². The van der Waals surface area contributed by atoms with Gasteiger partial charge in [-0.2, -0.15) is 0 Å². The summed E-state index contributed by atoms with van der Waals surface area (Å²) in [5.41, 5.74) is 8.17. The van der Waals surface area contributed by atoms with Crippen LogP contribution in [0.4, 0.5) is 4.39 Å². The maximum atomic E-state index is 13.1. The number of halogens is 2. The first-order valence-electron chi connectivity index (χ1n) is 5.21. The summed E-state index contributed by atoms with van der Waals surface area (Å²) in [6.07, 6.45) is 1.55. The van der Waals surface area contributed by atoms with Crippen molar-refractivity contribution in [2.75, 3.05) is 0 Å². The molecule has 1 heterocycles. The fourth-order valence-electron chi connectivity index (χ4n) is 1.60. The molecule has 1 atom stereocenters. The lowest BCUT2D eigenvalue weighted by molar-refractivity contribution is 0.616. The van der Waals surface area contributed by atoms with Crippen LogP contribution in [0.1, 0.15) is 22.9 Å². The maximum absolute atomic E-state index is 13.1. The van der Waals surface area contributed by atoms with Gasteiger partial charge in [-0.15, -0.1) is 0 Å². The smallest absolute Gasteiger partial charge is 0.126 e. The van der Waals surface area contributed by atoms with E-state index in [9.17, 15) is 4.39 Å². The van der Waals surface area contributed by atoms with Gasteiger partial charge in [0.1, 0.15) is 5.82 Å². The van der Waals surface area contributed by atoms with Crippen LogP contribution in [-0.4, -0.2) is 4.98 Å². The predicted octanol–water partition coefficient (Wildman–Crippen LogP) is 3.23. The summed E-state index contributed by atoms with van der Waals surface area (Å²) < 4.78 is 13.1. The highest BCUT2D eigenvalue weighted by Gasteiger charge is 2.11. The first-order valence-corrected chi connectivity index (χ1v) is 5.59. The zero-order valence-corrected chi connectivity index (χ0v) is 10.1. The summed E-state index contributed by atoms with van der Waals surface area (Å²) in [6, 6.07) is 7.96. The van der Waals surface area contributed by atoms with Crippen molar-refractivity contribution in [2.45, 2.75) is 13.0 Å². The molecular formula is C13H12ClFN2. The van der Waals surface area contributed by atoms with Crippen molar-refractivity contribution in [1.82, 2.24) is 4.98 Å². The number of benzene rings is 1. The Bertz CT molecular complexity index is 525. The predicted molar refractivity (Wildman–Crippen MR) is 66.4 cm³/mol. The molecule has 0 radical (unpaired) electrons. The van der Waals surface area contributed by atoms with Crippen LogP contribution in [0.5, 0.6) is 0 Å². The minimum absolute atomic E-state index is 0.231. The summed E-state index contributed by atoms with van der Waals surface area (Å²) in [5.74, 6) is -0.231. The number of rotatable bonds is 2. The molecule has 2 aromatic rings. The standard InChI is InChI=1S/C13H12ClFN2/c1-8-6-9(2-4-11(8)15)13(16)12-5-3-10(14)7-17-12/h2-7,13H,16H2,1H3. The highest BCUT2D eigenvalue weighted by atomic mass is 35.5. The molecule has 1 unspecified atom stereocenters. The molecule has 17 heavy (non-hydrogen) atoms. The number of aryl methyl sites for hydroxylation is 1. The Morgan fingerprint density at radius 2 is 2.06 bits per heavy atom. The first-order chi connectivity index (χ1) is 8.08. The van der Waals surface area contributed by atoms with Gasteiger partial charge in [0.2, 0.25) is 0 Å². The Morgan fingerprint density at radius 1 is 1.29 bits per heavy atom. The molecule has 2 rings (SSSR count).